The van der Waals surface area contributed by atoms with Crippen molar-refractivity contribution in [1.82, 2.24) is 4.98 Å². The van der Waals surface area contributed by atoms with Gasteiger partial charge in [0.05, 0.1) is 15.2 Å². The summed E-state index contributed by atoms with van der Waals surface area (Å²) in [5, 5.41) is 1.15. The number of rotatable bonds is 0. The van der Waals surface area contributed by atoms with Gasteiger partial charge in [0.25, 0.3) is 0 Å². The van der Waals surface area contributed by atoms with Crippen molar-refractivity contribution in [1.29, 1.82) is 0 Å². The van der Waals surface area contributed by atoms with E-state index >= 15 is 0 Å². The summed E-state index contributed by atoms with van der Waals surface area (Å²) >= 11 is 1.78. The molecule has 0 saturated heterocycles. The molecule has 0 amide bonds. The van der Waals surface area contributed by atoms with Gasteiger partial charge in [-0.05, 0) is 38.0 Å². The summed E-state index contributed by atoms with van der Waals surface area (Å²) in [6, 6.07) is 4.35. The van der Waals surface area contributed by atoms with Crippen LogP contribution >= 0.6 is 11.3 Å². The molecule has 0 fully saturated rings. The Hall–Kier alpha value is -0.890. The third kappa shape index (κ3) is 1.12. The van der Waals surface area contributed by atoms with E-state index in [2.05, 4.69) is 37.9 Å². The van der Waals surface area contributed by atoms with Gasteiger partial charge in [-0.15, -0.1) is 11.3 Å². The molecule has 0 spiro atoms. The predicted octanol–water partition coefficient (Wildman–Crippen LogP) is 3.22. The Kier molecular flexibility index (Phi) is 1.65. The van der Waals surface area contributed by atoms with Gasteiger partial charge in [0.15, 0.2) is 0 Å². The minimum absolute atomic E-state index is 1.15. The summed E-state index contributed by atoms with van der Waals surface area (Å²) in [7, 11) is 0. The van der Waals surface area contributed by atoms with Crippen LogP contribution in [0.25, 0.3) is 10.2 Å². The fraction of sp³-hybridized carbons (Fsp3) is 0.300. The van der Waals surface area contributed by atoms with Gasteiger partial charge >= 0.3 is 0 Å². The molecule has 1 aromatic carbocycles. The first-order chi connectivity index (χ1) is 5.66. The summed E-state index contributed by atoms with van der Waals surface area (Å²) in [6.07, 6.45) is 0. The van der Waals surface area contributed by atoms with E-state index in [1.807, 2.05) is 0 Å². The highest BCUT2D eigenvalue weighted by atomic mass is 32.1. The molecule has 0 atom stereocenters. The zero-order valence-corrected chi connectivity index (χ0v) is 8.33. The normalized spacial score (nSPS) is 10.9. The monoisotopic (exact) mass is 177 g/mol. The number of thiazole rings is 1. The van der Waals surface area contributed by atoms with Gasteiger partial charge < -0.3 is 0 Å². The molecule has 0 N–H and O–H groups in total. The van der Waals surface area contributed by atoms with Gasteiger partial charge in [0, 0.05) is 0 Å². The molecule has 1 heterocycles. The number of fused-ring (bicyclic) bond motifs is 1. The average Bonchev–Trinajstić information content (AvgIpc) is 2.29. The highest BCUT2D eigenvalue weighted by Crippen LogP contribution is 2.25. The lowest BCUT2D eigenvalue weighted by Crippen LogP contribution is -1.77. The Morgan fingerprint density at radius 3 is 2.67 bits per heavy atom. The average molecular weight is 177 g/mol. The maximum absolute atomic E-state index is 4.45. The molecule has 2 heteroatoms. The number of hydrogen-bond acceptors (Lipinski definition) is 2. The largest absolute Gasteiger partial charge is 0.241 e. The van der Waals surface area contributed by atoms with Crippen LogP contribution in [0.15, 0.2) is 12.1 Å². The van der Waals surface area contributed by atoms with Crippen LogP contribution in [0.4, 0.5) is 0 Å². The molecule has 1 nitrogen and oxygen atoms in total. The standard InChI is InChI=1S/C10H11NS/c1-6-4-7(2)10-9(5-6)11-8(3)12-10/h4-5H,1-3H3. The molecule has 1 aromatic heterocycles. The Morgan fingerprint density at radius 1 is 1.17 bits per heavy atom. The second kappa shape index (κ2) is 2.56. The van der Waals surface area contributed by atoms with Crippen molar-refractivity contribution < 1.29 is 0 Å². The first-order valence-electron chi connectivity index (χ1n) is 4.01. The minimum atomic E-state index is 1.15. The first kappa shape index (κ1) is 7.74. The topological polar surface area (TPSA) is 12.9 Å². The van der Waals surface area contributed by atoms with E-state index in [4.69, 9.17) is 0 Å². The minimum Gasteiger partial charge on any atom is -0.241 e. The maximum atomic E-state index is 4.45. The number of aromatic nitrogens is 1. The van der Waals surface area contributed by atoms with Gasteiger partial charge in [-0.25, -0.2) is 4.98 Å². The zero-order valence-electron chi connectivity index (χ0n) is 7.51. The molecule has 12 heavy (non-hydrogen) atoms. The fourth-order valence-electron chi connectivity index (χ4n) is 1.49. The lowest BCUT2D eigenvalue weighted by Gasteiger charge is -1.95. The Labute approximate surface area is 76.1 Å². The van der Waals surface area contributed by atoms with Crippen molar-refractivity contribution in [2.24, 2.45) is 0 Å². The van der Waals surface area contributed by atoms with E-state index in [-0.39, 0.29) is 0 Å². The third-order valence-corrected chi connectivity index (χ3v) is 3.05. The van der Waals surface area contributed by atoms with E-state index in [1.54, 1.807) is 11.3 Å². The van der Waals surface area contributed by atoms with Crippen molar-refractivity contribution in [3.8, 4) is 0 Å². The van der Waals surface area contributed by atoms with Crippen LogP contribution in [0.5, 0.6) is 0 Å². The summed E-state index contributed by atoms with van der Waals surface area (Å²) in [5.41, 5.74) is 3.79. The van der Waals surface area contributed by atoms with Crippen molar-refractivity contribution in [2.45, 2.75) is 20.8 Å². The molecular formula is C10H11NS. The molecule has 0 saturated carbocycles. The zero-order chi connectivity index (χ0) is 8.72. The molecule has 0 bridgehead atoms. The molecule has 0 unspecified atom stereocenters. The molecule has 2 rings (SSSR count). The smallest absolute Gasteiger partial charge is 0.0907 e. The van der Waals surface area contributed by atoms with Crippen LogP contribution in [0.1, 0.15) is 16.1 Å². The van der Waals surface area contributed by atoms with Crippen molar-refractivity contribution in [3.05, 3.63) is 28.3 Å². The van der Waals surface area contributed by atoms with Gasteiger partial charge in [-0.3, -0.25) is 0 Å². The number of aryl methyl sites for hydroxylation is 3. The van der Waals surface area contributed by atoms with Crippen molar-refractivity contribution in [2.75, 3.05) is 0 Å². The van der Waals surface area contributed by atoms with Crippen LogP contribution < -0.4 is 0 Å². The second-order valence-corrected chi connectivity index (χ2v) is 4.37. The van der Waals surface area contributed by atoms with E-state index in [0.29, 0.717) is 0 Å². The van der Waals surface area contributed by atoms with Gasteiger partial charge in [-0.2, -0.15) is 0 Å². The van der Waals surface area contributed by atoms with Gasteiger partial charge in [0.1, 0.15) is 0 Å². The van der Waals surface area contributed by atoms with Crippen LogP contribution in [0.2, 0.25) is 0 Å². The maximum Gasteiger partial charge on any atom is 0.0907 e. The van der Waals surface area contributed by atoms with Crippen molar-refractivity contribution >= 4 is 21.6 Å². The van der Waals surface area contributed by atoms with Gasteiger partial charge in [0.2, 0.25) is 0 Å². The highest BCUT2D eigenvalue weighted by molar-refractivity contribution is 7.18. The molecular weight excluding hydrogens is 166 g/mol. The molecule has 0 aliphatic heterocycles. The van der Waals surface area contributed by atoms with Crippen LogP contribution in [0.3, 0.4) is 0 Å². The summed E-state index contributed by atoms with van der Waals surface area (Å²) in [5.74, 6) is 0. The first-order valence-corrected chi connectivity index (χ1v) is 4.83. The lowest BCUT2D eigenvalue weighted by molar-refractivity contribution is 1.33. The van der Waals surface area contributed by atoms with Crippen LogP contribution in [0, 0.1) is 20.8 Å². The highest BCUT2D eigenvalue weighted by Gasteiger charge is 2.02. The third-order valence-electron chi connectivity index (χ3n) is 1.93. The molecule has 0 aliphatic carbocycles. The van der Waals surface area contributed by atoms with E-state index in [9.17, 15) is 0 Å². The number of nitrogens with zero attached hydrogens (tertiary/aromatic N) is 1. The number of benzene rings is 1. The fourth-order valence-corrected chi connectivity index (χ4v) is 2.36. The summed E-state index contributed by atoms with van der Waals surface area (Å²) in [4.78, 5) is 4.45. The Morgan fingerprint density at radius 2 is 1.92 bits per heavy atom. The van der Waals surface area contributed by atoms with Crippen molar-refractivity contribution in [3.63, 3.8) is 0 Å². The Balaban J connectivity index is 2.88. The Bertz CT molecular complexity index is 429. The van der Waals surface area contributed by atoms with E-state index in [0.717, 1.165) is 10.5 Å². The summed E-state index contributed by atoms with van der Waals surface area (Å²) in [6.45, 7) is 6.31. The lowest BCUT2D eigenvalue weighted by atomic mass is 10.1. The molecule has 2 aromatic rings. The second-order valence-electron chi connectivity index (χ2n) is 3.16. The van der Waals surface area contributed by atoms with Gasteiger partial charge in [-0.1, -0.05) is 6.07 Å². The predicted molar refractivity (Wildman–Crippen MR) is 53.8 cm³/mol. The van der Waals surface area contributed by atoms with Crippen LogP contribution in [-0.4, -0.2) is 4.98 Å². The van der Waals surface area contributed by atoms with Crippen LogP contribution in [-0.2, 0) is 0 Å². The molecule has 0 radical (unpaired) electrons. The number of hydrogen-bond donors (Lipinski definition) is 0. The van der Waals surface area contributed by atoms with E-state index in [1.165, 1.54) is 15.8 Å². The molecule has 62 valence electrons. The van der Waals surface area contributed by atoms with E-state index < -0.39 is 0 Å². The summed E-state index contributed by atoms with van der Waals surface area (Å²) < 4.78 is 1.33. The molecule has 0 aliphatic rings. The SMILES string of the molecule is Cc1cc(C)c2sc(C)nc2c1. The quantitative estimate of drug-likeness (QED) is 0.602.